The van der Waals surface area contributed by atoms with Crippen LogP contribution in [0.3, 0.4) is 0 Å². The summed E-state index contributed by atoms with van der Waals surface area (Å²) in [5, 5.41) is 4.32. The molecule has 1 atom stereocenters. The highest BCUT2D eigenvalue weighted by Gasteiger charge is 2.30. The third-order valence-corrected chi connectivity index (χ3v) is 8.03. The van der Waals surface area contributed by atoms with E-state index in [0.717, 1.165) is 55.4 Å². The van der Waals surface area contributed by atoms with Gasteiger partial charge in [-0.3, -0.25) is 14.5 Å². The maximum Gasteiger partial charge on any atom is 0.439 e. The summed E-state index contributed by atoms with van der Waals surface area (Å²) in [5.74, 6) is 1.85. The third-order valence-electron chi connectivity index (χ3n) is 7.82. The molecule has 1 N–H and O–H groups in total. The summed E-state index contributed by atoms with van der Waals surface area (Å²) in [4.78, 5) is 35.6. The van der Waals surface area contributed by atoms with Crippen molar-refractivity contribution < 1.29 is 9.26 Å². The normalized spacial score (nSPS) is 22.0. The van der Waals surface area contributed by atoms with E-state index in [-0.39, 0.29) is 17.8 Å². The number of halogens is 1. The number of morpholine rings is 1. The Morgan fingerprint density at radius 2 is 2.00 bits per heavy atom. The SMILES string of the molecule is CCC[C@@H]1CN(c2nc3nc(-c4noc(=O)[nH]4)nc(-c4cncc(Cl)c4)c3n2CC2CCC(C)CC2)CCO1. The monoisotopic (exact) mass is 552 g/mol. The van der Waals surface area contributed by atoms with E-state index in [0.29, 0.717) is 28.9 Å². The summed E-state index contributed by atoms with van der Waals surface area (Å²) >= 11 is 6.36. The molecular weight excluding hydrogens is 520 g/mol. The number of ether oxygens (including phenoxy) is 1. The van der Waals surface area contributed by atoms with Gasteiger partial charge in [0.2, 0.25) is 17.6 Å². The topological polar surface area (TPSA) is 128 Å². The number of hydrogen-bond donors (Lipinski definition) is 1. The van der Waals surface area contributed by atoms with Gasteiger partial charge in [0.25, 0.3) is 0 Å². The maximum absolute atomic E-state index is 11.7. The second-order valence-corrected chi connectivity index (χ2v) is 11.2. The van der Waals surface area contributed by atoms with Crippen molar-refractivity contribution in [2.45, 2.75) is 65.0 Å². The van der Waals surface area contributed by atoms with Gasteiger partial charge in [-0.05, 0) is 37.2 Å². The average Bonchev–Trinajstić information content (AvgIpc) is 3.53. The van der Waals surface area contributed by atoms with Crippen molar-refractivity contribution in [3.8, 4) is 22.9 Å². The van der Waals surface area contributed by atoms with Crippen LogP contribution in [0.25, 0.3) is 34.1 Å². The van der Waals surface area contributed by atoms with E-state index in [4.69, 9.17) is 35.8 Å². The highest BCUT2D eigenvalue weighted by Crippen LogP contribution is 2.36. The molecule has 1 aliphatic carbocycles. The zero-order valence-electron chi connectivity index (χ0n) is 22.3. The van der Waals surface area contributed by atoms with Crippen molar-refractivity contribution >= 4 is 28.7 Å². The van der Waals surface area contributed by atoms with Crippen molar-refractivity contribution in [3.63, 3.8) is 0 Å². The van der Waals surface area contributed by atoms with E-state index in [9.17, 15) is 4.79 Å². The molecule has 1 saturated heterocycles. The van der Waals surface area contributed by atoms with Crippen molar-refractivity contribution in [1.29, 1.82) is 0 Å². The van der Waals surface area contributed by atoms with E-state index in [1.165, 1.54) is 25.7 Å². The Balaban J connectivity index is 1.54. The number of nitrogens with zero attached hydrogens (tertiary/aromatic N) is 7. The van der Waals surface area contributed by atoms with Crippen LogP contribution in [-0.4, -0.2) is 60.4 Å². The molecule has 0 radical (unpaired) electrons. The highest BCUT2D eigenvalue weighted by atomic mass is 35.5. The number of rotatable bonds is 7. The van der Waals surface area contributed by atoms with Crippen molar-refractivity contribution in [1.82, 2.24) is 34.6 Å². The Hall–Kier alpha value is -3.31. The summed E-state index contributed by atoms with van der Waals surface area (Å²) in [6.45, 7) is 7.50. The fourth-order valence-corrected chi connectivity index (χ4v) is 5.96. The summed E-state index contributed by atoms with van der Waals surface area (Å²) < 4.78 is 13.1. The number of imidazole rings is 1. The van der Waals surface area contributed by atoms with Gasteiger partial charge in [0.15, 0.2) is 5.65 Å². The van der Waals surface area contributed by atoms with Gasteiger partial charge >= 0.3 is 5.76 Å². The van der Waals surface area contributed by atoms with E-state index in [2.05, 4.69) is 38.4 Å². The molecule has 1 saturated carbocycles. The molecule has 11 nitrogen and oxygen atoms in total. The number of aromatic amines is 1. The van der Waals surface area contributed by atoms with Gasteiger partial charge in [0, 0.05) is 37.6 Å². The van der Waals surface area contributed by atoms with E-state index >= 15 is 0 Å². The molecule has 0 bridgehead atoms. The first-order valence-corrected chi connectivity index (χ1v) is 14.2. The molecule has 39 heavy (non-hydrogen) atoms. The standard InChI is InChI=1S/C27H33ClN8O3/c1-3-4-20-15-35(9-10-38-20)26-32-23-22(36(26)14-17-7-5-16(2)6-8-17)21(18-11-19(28)13-29-12-18)30-24(31-23)25-33-27(37)39-34-25/h11-13,16-17,20H,3-10,14-15H2,1-2H3,(H,33,34,37)/t16?,17?,20-/m1/s1. The van der Waals surface area contributed by atoms with E-state index in [1.54, 1.807) is 12.4 Å². The van der Waals surface area contributed by atoms with Gasteiger partial charge in [0.05, 0.1) is 17.7 Å². The molecule has 206 valence electrons. The van der Waals surface area contributed by atoms with Gasteiger partial charge in [-0.2, -0.15) is 4.98 Å². The largest absolute Gasteiger partial charge is 0.439 e. The minimum Gasteiger partial charge on any atom is -0.375 e. The molecule has 1 aliphatic heterocycles. The summed E-state index contributed by atoms with van der Waals surface area (Å²) in [6, 6.07) is 1.83. The molecule has 5 heterocycles. The molecule has 2 aliphatic rings. The Morgan fingerprint density at radius 1 is 1.15 bits per heavy atom. The van der Waals surface area contributed by atoms with Crippen LogP contribution in [0.15, 0.2) is 27.8 Å². The second-order valence-electron chi connectivity index (χ2n) is 10.8. The number of H-pyrrole nitrogens is 1. The molecule has 0 amide bonds. The number of nitrogens with one attached hydrogen (secondary N) is 1. The number of hydrogen-bond acceptors (Lipinski definition) is 9. The first-order valence-electron chi connectivity index (χ1n) is 13.8. The van der Waals surface area contributed by atoms with Crippen molar-refractivity contribution in [3.05, 3.63) is 34.0 Å². The molecule has 4 aromatic heterocycles. The van der Waals surface area contributed by atoms with Gasteiger partial charge < -0.3 is 14.2 Å². The number of fused-ring (bicyclic) bond motifs is 1. The van der Waals surface area contributed by atoms with E-state index in [1.807, 2.05) is 6.07 Å². The fraction of sp³-hybridized carbons (Fsp3) is 0.556. The van der Waals surface area contributed by atoms with Crippen LogP contribution in [0.4, 0.5) is 5.95 Å². The van der Waals surface area contributed by atoms with Gasteiger partial charge in [-0.1, -0.05) is 49.9 Å². The minimum atomic E-state index is -0.673. The van der Waals surface area contributed by atoms with Gasteiger partial charge in [0.1, 0.15) is 11.2 Å². The molecule has 4 aromatic rings. The van der Waals surface area contributed by atoms with Crippen molar-refractivity contribution in [2.75, 3.05) is 24.6 Å². The number of aromatic nitrogens is 7. The van der Waals surface area contributed by atoms with Crippen molar-refractivity contribution in [2.24, 2.45) is 11.8 Å². The summed E-state index contributed by atoms with van der Waals surface area (Å²) in [6.07, 6.45) is 10.4. The zero-order valence-corrected chi connectivity index (χ0v) is 23.0. The second kappa shape index (κ2) is 11.1. The van der Waals surface area contributed by atoms with Crippen LogP contribution in [0, 0.1) is 11.8 Å². The predicted octanol–water partition coefficient (Wildman–Crippen LogP) is 4.72. The first kappa shape index (κ1) is 25.9. The molecular formula is C27H33ClN8O3. The summed E-state index contributed by atoms with van der Waals surface area (Å²) in [5.41, 5.74) is 2.71. The highest BCUT2D eigenvalue weighted by molar-refractivity contribution is 6.30. The van der Waals surface area contributed by atoms with Crippen LogP contribution in [0.2, 0.25) is 5.02 Å². The molecule has 0 spiro atoms. The predicted molar refractivity (Wildman–Crippen MR) is 148 cm³/mol. The first-order chi connectivity index (χ1) is 19.0. The Bertz CT molecular complexity index is 1500. The van der Waals surface area contributed by atoms with Crippen LogP contribution in [0.1, 0.15) is 52.4 Å². The lowest BCUT2D eigenvalue weighted by Gasteiger charge is -2.35. The van der Waals surface area contributed by atoms with Gasteiger partial charge in [-0.25, -0.2) is 14.8 Å². The molecule has 12 heteroatoms. The fourth-order valence-electron chi connectivity index (χ4n) is 5.78. The van der Waals surface area contributed by atoms with E-state index < -0.39 is 5.76 Å². The molecule has 6 rings (SSSR count). The van der Waals surface area contributed by atoms with Gasteiger partial charge in [-0.15, -0.1) is 0 Å². The molecule has 0 aromatic carbocycles. The molecule has 2 fully saturated rings. The average molecular weight is 553 g/mol. The van der Waals surface area contributed by atoms with Crippen LogP contribution in [-0.2, 0) is 11.3 Å². The Morgan fingerprint density at radius 3 is 2.74 bits per heavy atom. The van der Waals surface area contributed by atoms with Crippen LogP contribution in [0.5, 0.6) is 0 Å². The lowest BCUT2D eigenvalue weighted by atomic mass is 9.83. The van der Waals surface area contributed by atoms with Crippen LogP contribution < -0.4 is 10.7 Å². The third kappa shape index (κ3) is 5.42. The molecule has 0 unspecified atom stereocenters. The lowest BCUT2D eigenvalue weighted by Crippen LogP contribution is -2.43. The van der Waals surface area contributed by atoms with Crippen LogP contribution >= 0.6 is 11.6 Å². The Labute approximate surface area is 231 Å². The Kier molecular flexibility index (Phi) is 7.35. The summed E-state index contributed by atoms with van der Waals surface area (Å²) in [7, 11) is 0. The zero-order chi connectivity index (χ0) is 26.9. The number of anilines is 1. The lowest BCUT2D eigenvalue weighted by molar-refractivity contribution is 0.0340. The number of pyridine rings is 1. The smallest absolute Gasteiger partial charge is 0.375 e. The maximum atomic E-state index is 11.7. The minimum absolute atomic E-state index is 0.143. The quantitative estimate of drug-likeness (QED) is 0.346.